The van der Waals surface area contributed by atoms with Crippen LogP contribution in [0.3, 0.4) is 0 Å². The van der Waals surface area contributed by atoms with Gasteiger partial charge in [-0.3, -0.25) is 0 Å². The van der Waals surface area contributed by atoms with E-state index in [1.807, 2.05) is 0 Å². The molecule has 0 heterocycles. The molecular formula is C14H8BrF21. The molecule has 218 valence electrons. The molecule has 0 bridgehead atoms. The van der Waals surface area contributed by atoms with E-state index in [1.54, 1.807) is 0 Å². The van der Waals surface area contributed by atoms with Crippen LogP contribution in [-0.2, 0) is 0 Å². The van der Waals surface area contributed by atoms with E-state index in [2.05, 4.69) is 15.9 Å². The lowest BCUT2D eigenvalue weighted by atomic mass is 9.85. The number of hydrogen-bond acceptors (Lipinski definition) is 0. The number of alkyl halides is 22. The van der Waals surface area contributed by atoms with E-state index in [4.69, 9.17) is 0 Å². The minimum atomic E-state index is -9.13. The molecule has 0 aliphatic rings. The first-order valence-electron chi connectivity index (χ1n) is 8.34. The highest BCUT2D eigenvalue weighted by atomic mass is 79.9. The van der Waals surface area contributed by atoms with Crippen molar-refractivity contribution in [3.8, 4) is 0 Å². The van der Waals surface area contributed by atoms with Gasteiger partial charge >= 0.3 is 59.5 Å². The largest absolute Gasteiger partial charge is 0.460 e. The van der Waals surface area contributed by atoms with Gasteiger partial charge in [-0.1, -0.05) is 15.9 Å². The number of rotatable bonds is 12. The van der Waals surface area contributed by atoms with Crippen LogP contribution in [0.2, 0.25) is 0 Å². The first-order chi connectivity index (χ1) is 15.3. The number of halogens is 22. The summed E-state index contributed by atoms with van der Waals surface area (Å²) >= 11 is 2.51. The van der Waals surface area contributed by atoms with Crippen molar-refractivity contribution in [2.24, 2.45) is 0 Å². The Morgan fingerprint density at radius 2 is 0.583 bits per heavy atom. The maximum atomic E-state index is 13.6. The Balaban J connectivity index is 6.89. The zero-order valence-electron chi connectivity index (χ0n) is 16.1. The topological polar surface area (TPSA) is 0 Å². The van der Waals surface area contributed by atoms with Gasteiger partial charge in [0.05, 0.1) is 0 Å². The lowest BCUT2D eigenvalue weighted by molar-refractivity contribution is -0.474. The van der Waals surface area contributed by atoms with E-state index in [1.165, 1.54) is 0 Å². The van der Waals surface area contributed by atoms with Gasteiger partial charge in [-0.2, -0.15) is 92.2 Å². The fourth-order valence-corrected chi connectivity index (χ4v) is 2.59. The Labute approximate surface area is 193 Å². The average molecular weight is 655 g/mol. The Hall–Kier alpha value is -0.990. The summed E-state index contributed by atoms with van der Waals surface area (Å²) in [7, 11) is 0. The van der Waals surface area contributed by atoms with E-state index in [-0.39, 0.29) is 5.33 Å². The summed E-state index contributed by atoms with van der Waals surface area (Å²) in [6.07, 6.45) is -12.4. The molecule has 0 N–H and O–H groups in total. The summed E-state index contributed by atoms with van der Waals surface area (Å²) in [5.41, 5.74) is 0. The normalized spacial score (nSPS) is 16.5. The highest BCUT2D eigenvalue weighted by Gasteiger charge is 2.97. The Kier molecular flexibility index (Phi) is 9.08. The molecule has 0 aliphatic heterocycles. The maximum Gasteiger partial charge on any atom is 0.460 e. The molecule has 0 fully saturated rings. The maximum absolute atomic E-state index is 13.6. The fourth-order valence-electron chi connectivity index (χ4n) is 2.19. The van der Waals surface area contributed by atoms with Crippen LogP contribution < -0.4 is 0 Å². The van der Waals surface area contributed by atoms with Crippen LogP contribution in [0.1, 0.15) is 19.3 Å². The SMILES string of the molecule is FC(F)(F)C(F)(F)C(F)(F)C(F)(F)C(F)(F)C(F)(F)C(F)(F)C(F)(F)C(F)(F)C(F)(F)CCCCBr. The van der Waals surface area contributed by atoms with Gasteiger partial charge < -0.3 is 0 Å². The molecule has 0 amide bonds. The Morgan fingerprint density at radius 3 is 0.833 bits per heavy atom. The lowest BCUT2D eigenvalue weighted by Gasteiger charge is -2.44. The highest BCUT2D eigenvalue weighted by Crippen LogP contribution is 2.66. The predicted octanol–water partition coefficient (Wildman–Crippen LogP) is 8.83. The molecule has 0 radical (unpaired) electrons. The van der Waals surface area contributed by atoms with Crippen molar-refractivity contribution in [3.63, 3.8) is 0 Å². The molecule has 0 rings (SSSR count). The van der Waals surface area contributed by atoms with Crippen LogP contribution in [0.15, 0.2) is 0 Å². The summed E-state index contributed by atoms with van der Waals surface area (Å²) in [6.45, 7) is 0. The van der Waals surface area contributed by atoms with Crippen molar-refractivity contribution in [3.05, 3.63) is 0 Å². The molecule has 0 nitrogen and oxygen atoms in total. The fraction of sp³-hybridized carbons (Fsp3) is 1.00. The highest BCUT2D eigenvalue weighted by molar-refractivity contribution is 9.09. The van der Waals surface area contributed by atoms with Gasteiger partial charge in [0, 0.05) is 11.8 Å². The van der Waals surface area contributed by atoms with Crippen LogP contribution in [0.5, 0.6) is 0 Å². The third kappa shape index (κ3) is 4.57. The zero-order chi connectivity index (χ0) is 29.8. The van der Waals surface area contributed by atoms with Crippen molar-refractivity contribution in [2.75, 3.05) is 5.33 Å². The first kappa shape index (κ1) is 35.0. The number of hydrogen-bond donors (Lipinski definition) is 0. The van der Waals surface area contributed by atoms with Crippen LogP contribution in [0.4, 0.5) is 92.2 Å². The van der Waals surface area contributed by atoms with E-state index < -0.39 is 78.7 Å². The van der Waals surface area contributed by atoms with Crippen LogP contribution >= 0.6 is 15.9 Å². The third-order valence-electron chi connectivity index (χ3n) is 4.45. The second-order valence-electron chi connectivity index (χ2n) is 6.94. The van der Waals surface area contributed by atoms with E-state index in [9.17, 15) is 92.2 Å². The Morgan fingerprint density at radius 1 is 0.333 bits per heavy atom. The number of unbranched alkanes of at least 4 members (excludes halogenated alkanes) is 1. The summed E-state index contributed by atoms with van der Waals surface area (Å²) in [5, 5.41) is -0.322. The average Bonchev–Trinajstić information content (AvgIpc) is 2.65. The van der Waals surface area contributed by atoms with Crippen molar-refractivity contribution in [1.82, 2.24) is 0 Å². The first-order valence-corrected chi connectivity index (χ1v) is 9.46. The minimum absolute atomic E-state index is 0.322. The summed E-state index contributed by atoms with van der Waals surface area (Å²) in [4.78, 5) is 0. The van der Waals surface area contributed by atoms with E-state index >= 15 is 0 Å². The molecule has 0 aromatic heterocycles. The van der Waals surface area contributed by atoms with Gasteiger partial charge in [-0.05, 0) is 12.8 Å². The second-order valence-corrected chi connectivity index (χ2v) is 7.74. The minimum Gasteiger partial charge on any atom is -0.200 e. The molecule has 0 unspecified atom stereocenters. The van der Waals surface area contributed by atoms with Crippen molar-refractivity contribution < 1.29 is 92.2 Å². The molecule has 36 heavy (non-hydrogen) atoms. The molecule has 0 aromatic rings. The van der Waals surface area contributed by atoms with Crippen LogP contribution in [-0.4, -0.2) is 64.8 Å². The predicted molar refractivity (Wildman–Crippen MR) is 78.2 cm³/mol. The summed E-state index contributed by atoms with van der Waals surface area (Å²) < 4.78 is 276. The van der Waals surface area contributed by atoms with Crippen molar-refractivity contribution in [2.45, 2.75) is 78.7 Å². The van der Waals surface area contributed by atoms with E-state index in [0.717, 1.165) is 0 Å². The molecule has 22 heteroatoms. The van der Waals surface area contributed by atoms with Gasteiger partial charge in [0.2, 0.25) is 0 Å². The van der Waals surface area contributed by atoms with Crippen molar-refractivity contribution >= 4 is 15.9 Å². The second kappa shape index (κ2) is 9.33. The smallest absolute Gasteiger partial charge is 0.200 e. The van der Waals surface area contributed by atoms with Gasteiger partial charge in [-0.25, -0.2) is 0 Å². The standard InChI is InChI=1S/C14H8BrF21/c15-4-2-1-3-5(16,17)6(18,19)7(20,21)8(22,23)9(24,25)10(26,27)11(28,29)12(30,31)13(32,33)14(34,35)36/h1-4H2. The molecule has 0 aromatic carbocycles. The zero-order valence-corrected chi connectivity index (χ0v) is 17.7. The van der Waals surface area contributed by atoms with Crippen molar-refractivity contribution in [1.29, 1.82) is 0 Å². The van der Waals surface area contributed by atoms with Gasteiger partial charge in [-0.15, -0.1) is 0 Å². The summed E-state index contributed by atoms with van der Waals surface area (Å²) in [6, 6.07) is 0. The monoisotopic (exact) mass is 654 g/mol. The Bertz CT molecular complexity index is 763. The van der Waals surface area contributed by atoms with Gasteiger partial charge in [0.1, 0.15) is 0 Å². The molecule has 0 atom stereocenters. The lowest BCUT2D eigenvalue weighted by Crippen LogP contribution is -2.76. The molecule has 0 aliphatic carbocycles. The van der Waals surface area contributed by atoms with Crippen LogP contribution in [0, 0.1) is 0 Å². The van der Waals surface area contributed by atoms with E-state index in [0.29, 0.717) is 0 Å². The molecular weight excluding hydrogens is 647 g/mol. The molecule has 0 saturated carbocycles. The van der Waals surface area contributed by atoms with Gasteiger partial charge in [0.25, 0.3) is 0 Å². The molecule has 0 saturated heterocycles. The van der Waals surface area contributed by atoms with Crippen LogP contribution in [0.25, 0.3) is 0 Å². The quantitative estimate of drug-likeness (QED) is 0.112. The van der Waals surface area contributed by atoms with Gasteiger partial charge in [0.15, 0.2) is 0 Å². The molecule has 0 spiro atoms. The third-order valence-corrected chi connectivity index (χ3v) is 5.01. The summed E-state index contributed by atoms with van der Waals surface area (Å²) in [5.74, 6) is -76.3.